The van der Waals surface area contributed by atoms with Gasteiger partial charge in [-0.3, -0.25) is 9.59 Å². The van der Waals surface area contributed by atoms with E-state index in [2.05, 4.69) is 26.4 Å². The number of aryl methyl sites for hydroxylation is 1. The van der Waals surface area contributed by atoms with Crippen LogP contribution in [0.25, 0.3) is 22.2 Å². The molecule has 8 heteroatoms. The van der Waals surface area contributed by atoms with Crippen LogP contribution in [-0.4, -0.2) is 29.5 Å². The van der Waals surface area contributed by atoms with Crippen molar-refractivity contribution in [3.05, 3.63) is 70.1 Å². The van der Waals surface area contributed by atoms with E-state index in [1.807, 2.05) is 44.2 Å². The summed E-state index contributed by atoms with van der Waals surface area (Å²) in [5.41, 5.74) is 1.93. The molecule has 164 valence electrons. The number of hydrogen-bond acceptors (Lipinski definition) is 6. The van der Waals surface area contributed by atoms with Crippen LogP contribution in [0.1, 0.15) is 35.7 Å². The zero-order valence-corrected chi connectivity index (χ0v) is 19.4. The van der Waals surface area contributed by atoms with Gasteiger partial charge in [-0.2, -0.15) is 0 Å². The van der Waals surface area contributed by atoms with Crippen LogP contribution in [0, 0.1) is 6.92 Å². The lowest BCUT2D eigenvalue weighted by Gasteiger charge is -2.09. The van der Waals surface area contributed by atoms with Gasteiger partial charge in [0, 0.05) is 21.5 Å². The Bertz CT molecular complexity index is 1290. The number of amides is 1. The molecule has 1 amide bonds. The Hall–Kier alpha value is -3.39. The van der Waals surface area contributed by atoms with Crippen LogP contribution in [0.4, 0.5) is 0 Å². The number of para-hydroxylation sites is 1. The number of furan rings is 1. The van der Waals surface area contributed by atoms with Crippen molar-refractivity contribution in [3.8, 4) is 17.0 Å². The molecule has 0 bridgehead atoms. The van der Waals surface area contributed by atoms with Gasteiger partial charge < -0.3 is 19.0 Å². The van der Waals surface area contributed by atoms with Gasteiger partial charge in [-0.05, 0) is 45.0 Å². The second-order valence-corrected chi connectivity index (χ2v) is 8.51. The van der Waals surface area contributed by atoms with Crippen molar-refractivity contribution in [2.75, 3.05) is 6.61 Å². The molecule has 32 heavy (non-hydrogen) atoms. The number of fused-ring (bicyclic) bond motifs is 1. The highest BCUT2D eigenvalue weighted by Crippen LogP contribution is 2.33. The number of ketones is 1. The lowest BCUT2D eigenvalue weighted by Crippen LogP contribution is -2.34. The Morgan fingerprint density at radius 2 is 1.91 bits per heavy atom. The third-order valence-corrected chi connectivity index (χ3v) is 5.28. The number of rotatable bonds is 7. The van der Waals surface area contributed by atoms with Crippen LogP contribution in [-0.2, 0) is 4.79 Å². The van der Waals surface area contributed by atoms with Crippen LogP contribution in [0.3, 0.4) is 0 Å². The zero-order valence-electron chi connectivity index (χ0n) is 17.8. The van der Waals surface area contributed by atoms with E-state index in [0.717, 1.165) is 10.0 Å². The molecule has 4 aromatic rings. The monoisotopic (exact) mass is 496 g/mol. The summed E-state index contributed by atoms with van der Waals surface area (Å²) >= 11 is 3.40. The molecule has 0 saturated carbocycles. The third kappa shape index (κ3) is 4.45. The number of halogens is 1. The molecule has 2 heterocycles. The third-order valence-electron chi connectivity index (χ3n) is 4.75. The van der Waals surface area contributed by atoms with E-state index in [1.54, 1.807) is 25.1 Å². The van der Waals surface area contributed by atoms with E-state index in [0.29, 0.717) is 33.7 Å². The summed E-state index contributed by atoms with van der Waals surface area (Å²) in [6, 6.07) is 14.4. The molecule has 0 aliphatic rings. The van der Waals surface area contributed by atoms with E-state index in [4.69, 9.17) is 13.7 Å². The lowest BCUT2D eigenvalue weighted by atomic mass is 10.0. The minimum absolute atomic E-state index is 0.0152. The number of benzene rings is 2. The molecular weight excluding hydrogens is 476 g/mol. The summed E-state index contributed by atoms with van der Waals surface area (Å²) in [7, 11) is 0. The summed E-state index contributed by atoms with van der Waals surface area (Å²) in [6.45, 7) is 5.28. The Balaban J connectivity index is 1.65. The Kier molecular flexibility index (Phi) is 6.14. The molecule has 0 aliphatic carbocycles. The predicted molar refractivity (Wildman–Crippen MR) is 123 cm³/mol. The van der Waals surface area contributed by atoms with Crippen molar-refractivity contribution in [1.29, 1.82) is 0 Å². The number of carbonyl (C=O) groups is 2. The Morgan fingerprint density at radius 3 is 2.62 bits per heavy atom. The van der Waals surface area contributed by atoms with Crippen LogP contribution in [0.15, 0.2) is 61.9 Å². The van der Waals surface area contributed by atoms with Gasteiger partial charge in [0.05, 0.1) is 5.56 Å². The molecule has 0 unspecified atom stereocenters. The van der Waals surface area contributed by atoms with Crippen molar-refractivity contribution in [2.24, 2.45) is 0 Å². The fourth-order valence-corrected chi connectivity index (χ4v) is 3.60. The lowest BCUT2D eigenvalue weighted by molar-refractivity contribution is -0.123. The Morgan fingerprint density at radius 1 is 1.16 bits per heavy atom. The number of carbonyl (C=O) groups excluding carboxylic acids is 2. The topological polar surface area (TPSA) is 94.6 Å². The highest BCUT2D eigenvalue weighted by Gasteiger charge is 2.26. The van der Waals surface area contributed by atoms with Crippen LogP contribution in [0.5, 0.6) is 5.75 Å². The first-order chi connectivity index (χ1) is 15.3. The van der Waals surface area contributed by atoms with Crippen LogP contribution < -0.4 is 10.1 Å². The average Bonchev–Trinajstić information content (AvgIpc) is 3.36. The normalized spacial score (nSPS) is 11.2. The Labute approximate surface area is 192 Å². The number of hydrogen-bond donors (Lipinski definition) is 1. The van der Waals surface area contributed by atoms with Gasteiger partial charge in [0.2, 0.25) is 5.78 Å². The largest absolute Gasteiger partial charge is 0.480 e. The van der Waals surface area contributed by atoms with Crippen molar-refractivity contribution in [3.63, 3.8) is 0 Å². The maximum atomic E-state index is 13.3. The van der Waals surface area contributed by atoms with Gasteiger partial charge in [-0.15, -0.1) is 0 Å². The molecule has 0 fully saturated rings. The van der Waals surface area contributed by atoms with Crippen molar-refractivity contribution in [2.45, 2.75) is 26.8 Å². The van der Waals surface area contributed by atoms with E-state index in [9.17, 15) is 9.59 Å². The maximum Gasteiger partial charge on any atom is 0.258 e. The molecule has 0 atom stereocenters. The second kappa shape index (κ2) is 9.00. The number of nitrogens with one attached hydrogen (secondary N) is 1. The molecule has 2 aromatic heterocycles. The SMILES string of the molecule is Cc1onc(-c2ccc(Br)cc2)c1C(=O)c1cc2cccc(OCC(=O)NC(C)C)c2o1. The summed E-state index contributed by atoms with van der Waals surface area (Å²) in [4.78, 5) is 25.3. The fraction of sp³-hybridized carbons (Fsp3) is 0.208. The zero-order chi connectivity index (χ0) is 22.8. The first kappa shape index (κ1) is 21.8. The molecule has 4 rings (SSSR count). The minimum atomic E-state index is -0.346. The first-order valence-corrected chi connectivity index (χ1v) is 10.8. The highest BCUT2D eigenvalue weighted by atomic mass is 79.9. The van der Waals surface area contributed by atoms with E-state index < -0.39 is 0 Å². The van der Waals surface area contributed by atoms with Gasteiger partial charge >= 0.3 is 0 Å². The standard InChI is InChI=1S/C24H21BrN2O5/c1-13(2)26-20(28)12-30-18-6-4-5-16-11-19(31-24(16)18)23(29)21-14(3)32-27-22(21)15-7-9-17(25)10-8-15/h4-11,13H,12H2,1-3H3,(H,26,28). The van der Waals surface area contributed by atoms with Gasteiger partial charge in [0.15, 0.2) is 23.7 Å². The van der Waals surface area contributed by atoms with Gasteiger partial charge in [-0.1, -0.05) is 45.4 Å². The van der Waals surface area contributed by atoms with Gasteiger partial charge in [0.1, 0.15) is 11.5 Å². The van der Waals surface area contributed by atoms with Crippen molar-refractivity contribution < 1.29 is 23.3 Å². The minimum Gasteiger partial charge on any atom is -0.480 e. The maximum absolute atomic E-state index is 13.3. The summed E-state index contributed by atoms with van der Waals surface area (Å²) in [5.74, 6) is 0.332. The number of ether oxygens (including phenoxy) is 1. The molecule has 2 aromatic carbocycles. The van der Waals surface area contributed by atoms with E-state index in [-0.39, 0.29) is 30.1 Å². The quantitative estimate of drug-likeness (QED) is 0.349. The fourth-order valence-electron chi connectivity index (χ4n) is 3.34. The number of nitrogens with zero attached hydrogens (tertiary/aromatic N) is 1. The second-order valence-electron chi connectivity index (χ2n) is 7.59. The predicted octanol–water partition coefficient (Wildman–Crippen LogP) is 5.29. The van der Waals surface area contributed by atoms with E-state index >= 15 is 0 Å². The van der Waals surface area contributed by atoms with E-state index in [1.165, 1.54) is 0 Å². The van der Waals surface area contributed by atoms with Gasteiger partial charge in [0.25, 0.3) is 5.91 Å². The highest BCUT2D eigenvalue weighted by molar-refractivity contribution is 9.10. The molecular formula is C24H21BrN2O5. The number of aromatic nitrogens is 1. The molecule has 7 nitrogen and oxygen atoms in total. The molecule has 1 N–H and O–H groups in total. The average molecular weight is 497 g/mol. The summed E-state index contributed by atoms with van der Waals surface area (Å²) < 4.78 is 17.8. The van der Waals surface area contributed by atoms with Crippen molar-refractivity contribution >= 4 is 38.6 Å². The summed E-state index contributed by atoms with van der Waals surface area (Å²) in [5, 5.41) is 7.54. The first-order valence-electron chi connectivity index (χ1n) is 10.0. The summed E-state index contributed by atoms with van der Waals surface area (Å²) in [6.07, 6.45) is 0. The van der Waals surface area contributed by atoms with Crippen LogP contribution >= 0.6 is 15.9 Å². The molecule has 0 radical (unpaired) electrons. The van der Waals surface area contributed by atoms with Crippen molar-refractivity contribution in [1.82, 2.24) is 10.5 Å². The molecule has 0 aliphatic heterocycles. The van der Waals surface area contributed by atoms with Crippen LogP contribution in [0.2, 0.25) is 0 Å². The molecule has 0 saturated heterocycles. The van der Waals surface area contributed by atoms with Gasteiger partial charge in [-0.25, -0.2) is 0 Å². The molecule has 0 spiro atoms. The smallest absolute Gasteiger partial charge is 0.258 e.